The minimum atomic E-state index is -0.0908. The monoisotopic (exact) mass is 354 g/mol. The van der Waals surface area contributed by atoms with Crippen LogP contribution in [0.3, 0.4) is 0 Å². The van der Waals surface area contributed by atoms with Crippen LogP contribution in [0.15, 0.2) is 42.9 Å². The van der Waals surface area contributed by atoms with E-state index in [1.54, 1.807) is 50.8 Å². The number of hydrogen-bond acceptors (Lipinski definition) is 5. The predicted molar refractivity (Wildman–Crippen MR) is 96.0 cm³/mol. The Bertz CT molecular complexity index is 754. The highest BCUT2D eigenvalue weighted by Gasteiger charge is 2.25. The number of nitrogens with zero attached hydrogens (tertiary/aromatic N) is 4. The van der Waals surface area contributed by atoms with Crippen LogP contribution in [0.2, 0.25) is 0 Å². The summed E-state index contributed by atoms with van der Waals surface area (Å²) < 4.78 is 5.90. The summed E-state index contributed by atoms with van der Waals surface area (Å²) in [6.07, 6.45) is 6.28. The lowest BCUT2D eigenvalue weighted by Gasteiger charge is -2.32. The van der Waals surface area contributed by atoms with Crippen LogP contribution >= 0.6 is 0 Å². The van der Waals surface area contributed by atoms with E-state index in [9.17, 15) is 9.59 Å². The second-order valence-corrected chi connectivity index (χ2v) is 6.43. The Labute approximate surface area is 152 Å². The van der Waals surface area contributed by atoms with Gasteiger partial charge in [0, 0.05) is 70.2 Å². The summed E-state index contributed by atoms with van der Waals surface area (Å²) in [5, 5.41) is 0. The summed E-state index contributed by atoms with van der Waals surface area (Å²) >= 11 is 0. The van der Waals surface area contributed by atoms with Crippen LogP contribution in [0.1, 0.15) is 33.6 Å². The molecule has 0 spiro atoms. The minimum absolute atomic E-state index is 0.0133. The zero-order valence-electron chi connectivity index (χ0n) is 15.0. The zero-order chi connectivity index (χ0) is 18.5. The van der Waals surface area contributed by atoms with Crippen molar-refractivity contribution in [2.75, 3.05) is 27.2 Å². The third-order valence-corrected chi connectivity index (χ3v) is 4.33. The van der Waals surface area contributed by atoms with Crippen LogP contribution < -0.4 is 4.74 Å². The second-order valence-electron chi connectivity index (χ2n) is 6.43. The van der Waals surface area contributed by atoms with E-state index in [1.165, 1.54) is 11.1 Å². The van der Waals surface area contributed by atoms with E-state index in [2.05, 4.69) is 9.97 Å². The fourth-order valence-electron chi connectivity index (χ4n) is 2.86. The number of carbonyl (C=O) groups is 2. The van der Waals surface area contributed by atoms with Crippen LogP contribution in [0.25, 0.3) is 0 Å². The van der Waals surface area contributed by atoms with E-state index >= 15 is 0 Å². The number of aromatic nitrogens is 2. The molecule has 3 heterocycles. The maximum Gasteiger partial charge on any atom is 0.254 e. The van der Waals surface area contributed by atoms with Gasteiger partial charge in [-0.2, -0.15) is 0 Å². The molecule has 1 aliphatic rings. The number of carbonyl (C=O) groups excluding carboxylic acids is 2. The third kappa shape index (κ3) is 4.17. The first-order chi connectivity index (χ1) is 12.5. The van der Waals surface area contributed by atoms with Crippen LogP contribution in [-0.2, 0) is 0 Å². The molecule has 0 atom stereocenters. The molecule has 0 N–H and O–H groups in total. The lowest BCUT2D eigenvalue weighted by molar-refractivity contribution is 0.0588. The number of hydrogen-bond donors (Lipinski definition) is 0. The van der Waals surface area contributed by atoms with Crippen molar-refractivity contribution in [2.45, 2.75) is 18.9 Å². The summed E-state index contributed by atoms with van der Waals surface area (Å²) in [4.78, 5) is 35.8. The molecule has 136 valence electrons. The maximum atomic E-state index is 12.4. The predicted octanol–water partition coefficient (Wildman–Crippen LogP) is 1.86. The standard InChI is InChI=1S/C19H22N4O3/c1-22(2)18(24)15-3-4-17(21-13-15)26-16-7-11-23(12-8-16)19(25)14-5-9-20-10-6-14/h3-6,9-10,13,16H,7-8,11-12H2,1-2H3. The van der Waals surface area contributed by atoms with Crippen LogP contribution in [0.4, 0.5) is 0 Å². The van der Waals surface area contributed by atoms with E-state index < -0.39 is 0 Å². The number of rotatable bonds is 4. The first kappa shape index (κ1) is 17.8. The lowest BCUT2D eigenvalue weighted by Crippen LogP contribution is -2.41. The van der Waals surface area contributed by atoms with Gasteiger partial charge in [0.15, 0.2) is 0 Å². The molecule has 26 heavy (non-hydrogen) atoms. The fourth-order valence-corrected chi connectivity index (χ4v) is 2.86. The van der Waals surface area contributed by atoms with Crippen molar-refractivity contribution in [1.82, 2.24) is 19.8 Å². The van der Waals surface area contributed by atoms with E-state index in [1.807, 2.05) is 4.90 Å². The first-order valence-electron chi connectivity index (χ1n) is 8.58. The summed E-state index contributed by atoms with van der Waals surface area (Å²) in [7, 11) is 3.40. The van der Waals surface area contributed by atoms with E-state index in [4.69, 9.17) is 4.74 Å². The Kier molecular flexibility index (Phi) is 5.46. The van der Waals surface area contributed by atoms with Crippen molar-refractivity contribution in [3.05, 3.63) is 54.0 Å². The Balaban J connectivity index is 1.53. The smallest absolute Gasteiger partial charge is 0.254 e. The molecule has 0 bridgehead atoms. The molecule has 0 saturated carbocycles. The zero-order valence-corrected chi connectivity index (χ0v) is 15.0. The van der Waals surface area contributed by atoms with Gasteiger partial charge in [-0.05, 0) is 18.2 Å². The van der Waals surface area contributed by atoms with Gasteiger partial charge >= 0.3 is 0 Å². The summed E-state index contributed by atoms with van der Waals surface area (Å²) in [6, 6.07) is 6.88. The first-order valence-corrected chi connectivity index (χ1v) is 8.58. The van der Waals surface area contributed by atoms with Gasteiger partial charge in [-0.25, -0.2) is 4.98 Å². The molecule has 7 heteroatoms. The van der Waals surface area contributed by atoms with Crippen LogP contribution in [0, 0.1) is 0 Å². The average molecular weight is 354 g/mol. The minimum Gasteiger partial charge on any atom is -0.474 e. The van der Waals surface area contributed by atoms with Gasteiger partial charge in [0.25, 0.3) is 11.8 Å². The van der Waals surface area contributed by atoms with Crippen molar-refractivity contribution in [2.24, 2.45) is 0 Å². The van der Waals surface area contributed by atoms with Gasteiger partial charge < -0.3 is 14.5 Å². The third-order valence-electron chi connectivity index (χ3n) is 4.33. The maximum absolute atomic E-state index is 12.4. The van der Waals surface area contributed by atoms with Crippen molar-refractivity contribution in [3.63, 3.8) is 0 Å². The molecular formula is C19H22N4O3. The van der Waals surface area contributed by atoms with Gasteiger partial charge in [-0.1, -0.05) is 0 Å². The molecule has 1 fully saturated rings. The molecule has 2 amide bonds. The Morgan fingerprint density at radius 3 is 2.35 bits per heavy atom. The topological polar surface area (TPSA) is 75.6 Å². The highest BCUT2D eigenvalue weighted by atomic mass is 16.5. The number of likely N-dealkylation sites (tertiary alicyclic amines) is 1. The van der Waals surface area contributed by atoms with Crippen molar-refractivity contribution in [1.29, 1.82) is 0 Å². The molecule has 3 rings (SSSR count). The van der Waals surface area contributed by atoms with E-state index in [0.717, 1.165) is 12.8 Å². The fraction of sp³-hybridized carbons (Fsp3) is 0.368. The van der Waals surface area contributed by atoms with E-state index in [0.29, 0.717) is 30.1 Å². The number of piperidine rings is 1. The number of ether oxygens (including phenoxy) is 1. The summed E-state index contributed by atoms with van der Waals surface area (Å²) in [5.74, 6) is 0.432. The van der Waals surface area contributed by atoms with Crippen molar-refractivity contribution in [3.8, 4) is 5.88 Å². The lowest BCUT2D eigenvalue weighted by atomic mass is 10.1. The highest BCUT2D eigenvalue weighted by molar-refractivity contribution is 5.94. The highest BCUT2D eigenvalue weighted by Crippen LogP contribution is 2.19. The molecule has 7 nitrogen and oxygen atoms in total. The molecule has 0 radical (unpaired) electrons. The quantitative estimate of drug-likeness (QED) is 0.838. The normalized spacial score (nSPS) is 14.8. The van der Waals surface area contributed by atoms with Gasteiger partial charge in [0.2, 0.25) is 5.88 Å². The van der Waals surface area contributed by atoms with Crippen molar-refractivity contribution >= 4 is 11.8 Å². The van der Waals surface area contributed by atoms with E-state index in [-0.39, 0.29) is 17.9 Å². The van der Waals surface area contributed by atoms with Gasteiger partial charge in [-0.15, -0.1) is 0 Å². The summed E-state index contributed by atoms with van der Waals surface area (Å²) in [6.45, 7) is 1.28. The molecule has 2 aromatic heterocycles. The van der Waals surface area contributed by atoms with Crippen LogP contribution in [-0.4, -0.2) is 64.9 Å². The Morgan fingerprint density at radius 1 is 1.08 bits per heavy atom. The Morgan fingerprint density at radius 2 is 1.77 bits per heavy atom. The van der Waals surface area contributed by atoms with Gasteiger partial charge in [-0.3, -0.25) is 14.6 Å². The molecule has 2 aromatic rings. The molecule has 0 aliphatic carbocycles. The SMILES string of the molecule is CN(C)C(=O)c1ccc(OC2CCN(C(=O)c3ccncc3)CC2)nc1. The molecule has 1 saturated heterocycles. The molecular weight excluding hydrogens is 332 g/mol. The van der Waals surface area contributed by atoms with Gasteiger partial charge in [0.05, 0.1) is 5.56 Å². The largest absolute Gasteiger partial charge is 0.474 e. The molecule has 0 unspecified atom stereocenters. The van der Waals surface area contributed by atoms with Gasteiger partial charge in [0.1, 0.15) is 6.10 Å². The number of pyridine rings is 2. The van der Waals surface area contributed by atoms with Crippen LogP contribution in [0.5, 0.6) is 5.88 Å². The number of amides is 2. The van der Waals surface area contributed by atoms with Crippen molar-refractivity contribution < 1.29 is 14.3 Å². The molecule has 0 aromatic carbocycles. The summed E-state index contributed by atoms with van der Waals surface area (Å²) in [5.41, 5.74) is 1.18. The Hall–Kier alpha value is -2.96. The average Bonchev–Trinajstić information content (AvgIpc) is 2.68. The molecule has 1 aliphatic heterocycles. The second kappa shape index (κ2) is 7.95.